The molecule has 0 aliphatic carbocycles. The zero-order valence-electron chi connectivity index (χ0n) is 10.1. The number of furan rings is 1. The van der Waals surface area contributed by atoms with Gasteiger partial charge in [0.05, 0.1) is 13.2 Å². The second-order valence-corrected chi connectivity index (χ2v) is 4.46. The molecule has 0 amide bonds. The number of aliphatic hydroxyl groups is 1. The van der Waals surface area contributed by atoms with Gasteiger partial charge in [0.15, 0.2) is 0 Å². The first-order chi connectivity index (χ1) is 8.02. The summed E-state index contributed by atoms with van der Waals surface area (Å²) in [6.45, 7) is 4.65. The second kappa shape index (κ2) is 6.42. The molecule has 0 spiro atoms. The van der Waals surface area contributed by atoms with Crippen molar-refractivity contribution in [3.8, 4) is 0 Å². The molecule has 0 radical (unpaired) electrons. The van der Waals surface area contributed by atoms with E-state index in [2.05, 4.69) is 19.2 Å². The number of nitrogens with one attached hydrogen (secondary N) is 1. The molecular formula is C12H19NO4. The van der Waals surface area contributed by atoms with Gasteiger partial charge >= 0.3 is 5.97 Å². The van der Waals surface area contributed by atoms with Crippen molar-refractivity contribution in [1.29, 1.82) is 0 Å². The smallest absolute Gasteiger partial charge is 0.371 e. The van der Waals surface area contributed by atoms with E-state index in [1.54, 1.807) is 6.07 Å². The van der Waals surface area contributed by atoms with Crippen molar-refractivity contribution >= 4 is 5.97 Å². The van der Waals surface area contributed by atoms with Crippen LogP contribution >= 0.6 is 0 Å². The first-order valence-electron chi connectivity index (χ1n) is 5.69. The molecule has 1 aromatic heterocycles. The molecule has 0 fully saturated rings. The lowest BCUT2D eigenvalue weighted by Crippen LogP contribution is -2.33. The molecule has 1 atom stereocenters. The highest BCUT2D eigenvalue weighted by Crippen LogP contribution is 2.09. The Morgan fingerprint density at radius 3 is 2.65 bits per heavy atom. The van der Waals surface area contributed by atoms with Crippen LogP contribution in [-0.2, 0) is 6.54 Å². The number of aliphatic hydroxyl groups excluding tert-OH is 1. The monoisotopic (exact) mass is 241 g/mol. The van der Waals surface area contributed by atoms with E-state index < -0.39 is 5.97 Å². The van der Waals surface area contributed by atoms with Gasteiger partial charge in [0.25, 0.3) is 0 Å². The predicted molar refractivity (Wildman–Crippen MR) is 62.8 cm³/mol. The zero-order chi connectivity index (χ0) is 12.8. The van der Waals surface area contributed by atoms with Gasteiger partial charge in [-0.2, -0.15) is 0 Å². The summed E-state index contributed by atoms with van der Waals surface area (Å²) in [5.41, 5.74) is 0. The van der Waals surface area contributed by atoms with E-state index in [4.69, 9.17) is 14.6 Å². The quantitative estimate of drug-likeness (QED) is 0.673. The Morgan fingerprint density at radius 2 is 2.18 bits per heavy atom. The molecule has 3 N–H and O–H groups in total. The molecule has 1 rings (SSSR count). The van der Waals surface area contributed by atoms with Gasteiger partial charge in [0, 0.05) is 6.04 Å². The lowest BCUT2D eigenvalue weighted by Gasteiger charge is -2.17. The molecule has 0 saturated carbocycles. The van der Waals surface area contributed by atoms with E-state index in [-0.39, 0.29) is 18.4 Å². The van der Waals surface area contributed by atoms with Crippen LogP contribution in [0, 0.1) is 5.92 Å². The molecule has 0 bridgehead atoms. The number of carboxylic acids is 1. The van der Waals surface area contributed by atoms with E-state index in [0.717, 1.165) is 6.42 Å². The lowest BCUT2D eigenvalue weighted by atomic mass is 10.0. The van der Waals surface area contributed by atoms with Crippen molar-refractivity contribution in [1.82, 2.24) is 5.32 Å². The number of hydrogen-bond donors (Lipinski definition) is 3. The first kappa shape index (κ1) is 13.7. The molecular weight excluding hydrogens is 222 g/mol. The van der Waals surface area contributed by atoms with Gasteiger partial charge in [-0.1, -0.05) is 13.8 Å². The lowest BCUT2D eigenvalue weighted by molar-refractivity contribution is 0.0660. The number of rotatable bonds is 7. The SMILES string of the molecule is CC(C)CC(CO)NCc1ccc(C(=O)O)o1. The number of aromatic carboxylic acids is 1. The Balaban J connectivity index is 2.45. The highest BCUT2D eigenvalue weighted by Gasteiger charge is 2.12. The van der Waals surface area contributed by atoms with Gasteiger partial charge < -0.3 is 19.9 Å². The Bertz CT molecular complexity index is 359. The average molecular weight is 241 g/mol. The summed E-state index contributed by atoms with van der Waals surface area (Å²) in [6.07, 6.45) is 0.864. The molecule has 0 aromatic carbocycles. The number of carboxylic acid groups (broad SMARTS) is 1. The summed E-state index contributed by atoms with van der Waals surface area (Å²) in [5, 5.41) is 21.0. The number of hydrogen-bond acceptors (Lipinski definition) is 4. The molecule has 5 nitrogen and oxygen atoms in total. The Labute approximate surface area is 100 Å². The summed E-state index contributed by atoms with van der Waals surface area (Å²) < 4.78 is 5.10. The summed E-state index contributed by atoms with van der Waals surface area (Å²) in [6, 6.07) is 3.06. The Hall–Kier alpha value is -1.33. The molecule has 0 saturated heterocycles. The van der Waals surface area contributed by atoms with Crippen LogP contribution in [0.3, 0.4) is 0 Å². The molecule has 1 heterocycles. The summed E-state index contributed by atoms with van der Waals surface area (Å²) >= 11 is 0. The third-order valence-corrected chi connectivity index (χ3v) is 2.41. The standard InChI is InChI=1S/C12H19NO4/c1-8(2)5-9(7-14)13-6-10-3-4-11(17-10)12(15)16/h3-4,8-9,13-14H,5-7H2,1-2H3,(H,15,16). The van der Waals surface area contributed by atoms with Gasteiger partial charge in [-0.05, 0) is 24.5 Å². The van der Waals surface area contributed by atoms with Crippen LogP contribution in [0.25, 0.3) is 0 Å². The van der Waals surface area contributed by atoms with Crippen LogP contribution in [0.15, 0.2) is 16.5 Å². The second-order valence-electron chi connectivity index (χ2n) is 4.46. The van der Waals surface area contributed by atoms with Gasteiger partial charge in [0.2, 0.25) is 5.76 Å². The van der Waals surface area contributed by atoms with Crippen molar-refractivity contribution in [2.75, 3.05) is 6.61 Å². The van der Waals surface area contributed by atoms with E-state index >= 15 is 0 Å². The van der Waals surface area contributed by atoms with Gasteiger partial charge in [-0.15, -0.1) is 0 Å². The fourth-order valence-electron chi connectivity index (χ4n) is 1.62. The maximum atomic E-state index is 10.6. The van der Waals surface area contributed by atoms with E-state index in [0.29, 0.717) is 18.2 Å². The largest absolute Gasteiger partial charge is 0.475 e. The van der Waals surface area contributed by atoms with E-state index in [1.807, 2.05) is 0 Å². The van der Waals surface area contributed by atoms with E-state index in [1.165, 1.54) is 6.07 Å². The van der Waals surface area contributed by atoms with Crippen molar-refractivity contribution in [2.24, 2.45) is 5.92 Å². The van der Waals surface area contributed by atoms with Crippen LogP contribution in [0.5, 0.6) is 0 Å². The van der Waals surface area contributed by atoms with Crippen molar-refractivity contribution in [2.45, 2.75) is 32.9 Å². The number of carbonyl (C=O) groups is 1. The third kappa shape index (κ3) is 4.58. The van der Waals surface area contributed by atoms with Gasteiger partial charge in [-0.25, -0.2) is 4.79 Å². The van der Waals surface area contributed by atoms with Crippen molar-refractivity contribution < 1.29 is 19.4 Å². The fraction of sp³-hybridized carbons (Fsp3) is 0.583. The zero-order valence-corrected chi connectivity index (χ0v) is 10.1. The maximum absolute atomic E-state index is 10.6. The Kier molecular flexibility index (Phi) is 5.18. The minimum atomic E-state index is -1.07. The molecule has 0 aliphatic rings. The van der Waals surface area contributed by atoms with Crippen molar-refractivity contribution in [3.63, 3.8) is 0 Å². The van der Waals surface area contributed by atoms with Gasteiger partial charge in [-0.3, -0.25) is 0 Å². The summed E-state index contributed by atoms with van der Waals surface area (Å²) in [5.74, 6) is -0.0845. The molecule has 1 unspecified atom stereocenters. The highest BCUT2D eigenvalue weighted by atomic mass is 16.4. The molecule has 96 valence electrons. The topological polar surface area (TPSA) is 82.7 Å². The van der Waals surface area contributed by atoms with Crippen LogP contribution in [0.1, 0.15) is 36.6 Å². The average Bonchev–Trinajstić information content (AvgIpc) is 2.72. The third-order valence-electron chi connectivity index (χ3n) is 2.41. The highest BCUT2D eigenvalue weighted by molar-refractivity contribution is 5.84. The fourth-order valence-corrected chi connectivity index (χ4v) is 1.62. The molecule has 5 heteroatoms. The van der Waals surface area contributed by atoms with Crippen LogP contribution in [-0.4, -0.2) is 28.8 Å². The minimum Gasteiger partial charge on any atom is -0.475 e. The van der Waals surface area contributed by atoms with Crippen LogP contribution in [0.2, 0.25) is 0 Å². The normalized spacial score (nSPS) is 12.9. The minimum absolute atomic E-state index is 0.00776. The predicted octanol–water partition coefficient (Wildman–Crippen LogP) is 1.47. The summed E-state index contributed by atoms with van der Waals surface area (Å²) in [7, 11) is 0. The molecule has 17 heavy (non-hydrogen) atoms. The van der Waals surface area contributed by atoms with Gasteiger partial charge in [0.1, 0.15) is 5.76 Å². The Morgan fingerprint density at radius 1 is 1.47 bits per heavy atom. The molecule has 1 aromatic rings. The van der Waals surface area contributed by atoms with Crippen LogP contribution < -0.4 is 5.32 Å². The van der Waals surface area contributed by atoms with Crippen LogP contribution in [0.4, 0.5) is 0 Å². The maximum Gasteiger partial charge on any atom is 0.371 e. The van der Waals surface area contributed by atoms with E-state index in [9.17, 15) is 4.79 Å². The van der Waals surface area contributed by atoms with Crippen molar-refractivity contribution in [3.05, 3.63) is 23.7 Å². The molecule has 0 aliphatic heterocycles. The summed E-state index contributed by atoms with van der Waals surface area (Å²) in [4.78, 5) is 10.6. The first-order valence-corrected chi connectivity index (χ1v) is 5.69.